The largest absolute Gasteiger partial charge is 0.457 e. The Kier molecular flexibility index (Phi) is 5.62. The third-order valence-electron chi connectivity index (χ3n) is 3.95. The van der Waals surface area contributed by atoms with Gasteiger partial charge in [0.1, 0.15) is 17.3 Å². The van der Waals surface area contributed by atoms with Crippen molar-refractivity contribution in [2.45, 2.75) is 12.8 Å². The summed E-state index contributed by atoms with van der Waals surface area (Å²) in [5.74, 6) is 1.37. The summed E-state index contributed by atoms with van der Waals surface area (Å²) in [6, 6.07) is 16.6. The van der Waals surface area contributed by atoms with Gasteiger partial charge in [0.05, 0.1) is 4.88 Å². The van der Waals surface area contributed by atoms with Crippen LogP contribution in [0.4, 0.5) is 10.1 Å². The summed E-state index contributed by atoms with van der Waals surface area (Å²) in [6.07, 6.45) is 0.568. The number of benzene rings is 2. The van der Waals surface area contributed by atoms with Gasteiger partial charge in [-0.3, -0.25) is 4.79 Å². The van der Waals surface area contributed by atoms with Gasteiger partial charge in [-0.05, 0) is 47.8 Å². The lowest BCUT2D eigenvalue weighted by Gasteiger charge is -2.08. The Morgan fingerprint density at radius 3 is 2.72 bits per heavy atom. The normalized spacial score (nSPS) is 10.7. The van der Waals surface area contributed by atoms with Gasteiger partial charge in [-0.15, -0.1) is 11.3 Å². The number of thiophene rings is 1. The highest BCUT2D eigenvalue weighted by Crippen LogP contribution is 2.24. The molecular formula is C21H16FN3O3S. The lowest BCUT2D eigenvalue weighted by atomic mass is 10.2. The minimum atomic E-state index is -0.366. The Morgan fingerprint density at radius 1 is 1.10 bits per heavy atom. The van der Waals surface area contributed by atoms with Gasteiger partial charge in [-0.1, -0.05) is 17.3 Å². The van der Waals surface area contributed by atoms with Crippen LogP contribution in [0.2, 0.25) is 0 Å². The van der Waals surface area contributed by atoms with Crippen molar-refractivity contribution in [2.75, 3.05) is 5.32 Å². The van der Waals surface area contributed by atoms with E-state index in [2.05, 4.69) is 15.5 Å². The molecular weight excluding hydrogens is 393 g/mol. The highest BCUT2D eigenvalue weighted by Gasteiger charge is 2.11. The number of halogens is 1. The zero-order valence-electron chi connectivity index (χ0n) is 15.2. The van der Waals surface area contributed by atoms with E-state index in [0.717, 1.165) is 4.88 Å². The number of aromatic nitrogens is 2. The van der Waals surface area contributed by atoms with E-state index in [-0.39, 0.29) is 18.1 Å². The SMILES string of the molecule is O=C(CCc1nc(-c2cccs2)no1)Nc1ccc(Oc2cccc(F)c2)cc1. The van der Waals surface area contributed by atoms with Crippen LogP contribution in [-0.2, 0) is 11.2 Å². The van der Waals surface area contributed by atoms with Crippen LogP contribution < -0.4 is 10.1 Å². The maximum Gasteiger partial charge on any atom is 0.227 e. The van der Waals surface area contributed by atoms with Crippen LogP contribution >= 0.6 is 11.3 Å². The zero-order chi connectivity index (χ0) is 20.1. The van der Waals surface area contributed by atoms with Gasteiger partial charge < -0.3 is 14.6 Å². The van der Waals surface area contributed by atoms with Gasteiger partial charge in [0.25, 0.3) is 0 Å². The van der Waals surface area contributed by atoms with E-state index in [9.17, 15) is 9.18 Å². The van der Waals surface area contributed by atoms with E-state index in [0.29, 0.717) is 35.3 Å². The molecule has 1 amide bonds. The molecule has 6 nitrogen and oxygen atoms in total. The number of aryl methyl sites for hydroxylation is 1. The Bertz CT molecular complexity index is 1090. The second-order valence-electron chi connectivity index (χ2n) is 6.12. The van der Waals surface area contributed by atoms with E-state index in [1.807, 2.05) is 17.5 Å². The molecule has 2 heterocycles. The van der Waals surface area contributed by atoms with E-state index < -0.39 is 0 Å². The number of nitrogens with zero attached hydrogens (tertiary/aromatic N) is 2. The topological polar surface area (TPSA) is 77.2 Å². The van der Waals surface area contributed by atoms with Crippen LogP contribution in [0.5, 0.6) is 11.5 Å². The van der Waals surface area contributed by atoms with Gasteiger partial charge >= 0.3 is 0 Å². The van der Waals surface area contributed by atoms with Gasteiger partial charge in [-0.25, -0.2) is 4.39 Å². The predicted molar refractivity (Wildman–Crippen MR) is 107 cm³/mol. The quantitative estimate of drug-likeness (QED) is 0.448. The van der Waals surface area contributed by atoms with Gasteiger partial charge in [-0.2, -0.15) is 4.98 Å². The second-order valence-corrected chi connectivity index (χ2v) is 7.07. The fraction of sp³-hybridized carbons (Fsp3) is 0.0952. The third kappa shape index (κ3) is 5.05. The molecule has 0 spiro atoms. The molecule has 1 N–H and O–H groups in total. The molecule has 2 aromatic heterocycles. The van der Waals surface area contributed by atoms with Crippen LogP contribution in [0, 0.1) is 5.82 Å². The van der Waals surface area contributed by atoms with E-state index >= 15 is 0 Å². The first-order valence-corrected chi connectivity index (χ1v) is 9.73. The number of hydrogen-bond acceptors (Lipinski definition) is 6. The molecule has 0 bridgehead atoms. The standard InChI is InChI=1S/C21H16FN3O3S/c22-14-3-1-4-17(13-14)27-16-8-6-15(7-9-16)23-19(26)10-11-20-24-21(25-28-20)18-5-2-12-29-18/h1-9,12-13H,10-11H2,(H,23,26). The minimum absolute atomic E-state index is 0.167. The lowest BCUT2D eigenvalue weighted by Crippen LogP contribution is -2.12. The molecule has 4 rings (SSSR count). The molecule has 2 aromatic carbocycles. The third-order valence-corrected chi connectivity index (χ3v) is 4.81. The maximum absolute atomic E-state index is 13.2. The van der Waals surface area contributed by atoms with Gasteiger partial charge in [0, 0.05) is 24.6 Å². The zero-order valence-corrected chi connectivity index (χ0v) is 16.0. The van der Waals surface area contributed by atoms with Gasteiger partial charge in [0.15, 0.2) is 0 Å². The van der Waals surface area contributed by atoms with Crippen LogP contribution in [0.3, 0.4) is 0 Å². The summed E-state index contributed by atoms with van der Waals surface area (Å²) in [4.78, 5) is 17.4. The number of carbonyl (C=O) groups is 1. The van der Waals surface area contributed by atoms with Crippen LogP contribution in [0.25, 0.3) is 10.7 Å². The predicted octanol–water partition coefficient (Wildman–Crippen LogP) is 5.30. The summed E-state index contributed by atoms with van der Waals surface area (Å²) in [5, 5.41) is 8.67. The molecule has 0 saturated heterocycles. The van der Waals surface area contributed by atoms with Crippen LogP contribution in [0.15, 0.2) is 70.6 Å². The number of carbonyl (C=O) groups excluding carboxylic acids is 1. The smallest absolute Gasteiger partial charge is 0.227 e. The number of nitrogens with one attached hydrogen (secondary N) is 1. The van der Waals surface area contributed by atoms with Crippen molar-refractivity contribution in [3.63, 3.8) is 0 Å². The molecule has 4 aromatic rings. The van der Waals surface area contributed by atoms with E-state index in [4.69, 9.17) is 9.26 Å². The van der Waals surface area contributed by atoms with Crippen molar-refractivity contribution in [3.8, 4) is 22.2 Å². The second kappa shape index (κ2) is 8.66. The molecule has 0 radical (unpaired) electrons. The number of anilines is 1. The molecule has 29 heavy (non-hydrogen) atoms. The minimum Gasteiger partial charge on any atom is -0.457 e. The molecule has 0 fully saturated rings. The first-order chi connectivity index (χ1) is 14.2. The summed E-state index contributed by atoms with van der Waals surface area (Å²) >= 11 is 1.52. The molecule has 0 unspecified atom stereocenters. The highest BCUT2D eigenvalue weighted by atomic mass is 32.1. The van der Waals surface area contributed by atoms with Crippen molar-refractivity contribution in [1.29, 1.82) is 0 Å². The first kappa shape index (κ1) is 18.8. The van der Waals surface area contributed by atoms with Crippen molar-refractivity contribution >= 4 is 22.9 Å². The van der Waals surface area contributed by atoms with Crippen LogP contribution in [0.1, 0.15) is 12.3 Å². The van der Waals surface area contributed by atoms with Crippen molar-refractivity contribution in [1.82, 2.24) is 10.1 Å². The van der Waals surface area contributed by atoms with Crippen LogP contribution in [-0.4, -0.2) is 16.0 Å². The molecule has 0 aliphatic rings. The Balaban J connectivity index is 1.28. The summed E-state index contributed by atoms with van der Waals surface area (Å²) < 4.78 is 24.0. The molecule has 146 valence electrons. The molecule has 0 aliphatic carbocycles. The summed E-state index contributed by atoms with van der Waals surface area (Å²) in [6.45, 7) is 0. The fourth-order valence-electron chi connectivity index (χ4n) is 2.58. The number of rotatable bonds is 7. The Morgan fingerprint density at radius 2 is 1.97 bits per heavy atom. The van der Waals surface area contributed by atoms with Gasteiger partial charge in [0.2, 0.25) is 17.6 Å². The average molecular weight is 409 g/mol. The summed E-state index contributed by atoms with van der Waals surface area (Å²) in [5.41, 5.74) is 0.631. The Hall–Kier alpha value is -3.52. The monoisotopic (exact) mass is 409 g/mol. The molecule has 0 atom stereocenters. The summed E-state index contributed by atoms with van der Waals surface area (Å²) in [7, 11) is 0. The number of hydrogen-bond donors (Lipinski definition) is 1. The van der Waals surface area contributed by atoms with E-state index in [1.54, 1.807) is 36.4 Å². The highest BCUT2D eigenvalue weighted by molar-refractivity contribution is 7.13. The van der Waals surface area contributed by atoms with Crippen molar-refractivity contribution in [3.05, 3.63) is 77.8 Å². The van der Waals surface area contributed by atoms with Crippen molar-refractivity contribution in [2.24, 2.45) is 0 Å². The lowest BCUT2D eigenvalue weighted by molar-refractivity contribution is -0.116. The molecule has 0 saturated carbocycles. The first-order valence-electron chi connectivity index (χ1n) is 8.85. The maximum atomic E-state index is 13.2. The molecule has 8 heteroatoms. The van der Waals surface area contributed by atoms with Crippen molar-refractivity contribution < 1.29 is 18.4 Å². The number of ether oxygens (including phenoxy) is 1. The average Bonchev–Trinajstić information content (AvgIpc) is 3.40. The molecule has 0 aliphatic heterocycles. The Labute approximate surface area is 170 Å². The fourth-order valence-corrected chi connectivity index (χ4v) is 3.23. The number of amides is 1. The van der Waals surface area contributed by atoms with E-state index in [1.165, 1.54) is 23.5 Å².